The Labute approximate surface area is 183 Å². The molecule has 6 atom stereocenters. The van der Waals surface area contributed by atoms with Crippen LogP contribution in [0.25, 0.3) is 0 Å². The van der Waals surface area contributed by atoms with E-state index in [0.717, 1.165) is 43.4 Å². The van der Waals surface area contributed by atoms with Crippen molar-refractivity contribution in [3.63, 3.8) is 0 Å². The summed E-state index contributed by atoms with van der Waals surface area (Å²) in [4.78, 5) is 26.8. The molecule has 1 N–H and O–H groups in total. The van der Waals surface area contributed by atoms with Gasteiger partial charge in [-0.25, -0.2) is 0 Å². The molecule has 4 aliphatic rings. The number of fused-ring (bicyclic) bond motifs is 5. The van der Waals surface area contributed by atoms with Crippen molar-refractivity contribution >= 4 is 23.3 Å². The lowest BCUT2D eigenvalue weighted by Gasteiger charge is -2.57. The summed E-state index contributed by atoms with van der Waals surface area (Å²) in [5.41, 5.74) is 2.16. The van der Waals surface area contributed by atoms with Crippen LogP contribution in [-0.4, -0.2) is 28.5 Å². The minimum Gasteiger partial charge on any atom is -0.392 e. The molecule has 4 aliphatic carbocycles. The lowest BCUT2D eigenvalue weighted by Crippen LogP contribution is -2.53. The molecule has 0 aromatic heterocycles. The third-order valence-corrected chi connectivity index (χ3v) is 10.1. The molecule has 3 saturated carbocycles. The first kappa shape index (κ1) is 20.5. The molecule has 0 radical (unpaired) electrons. The molecule has 1 aromatic carbocycles. The molecule has 1 aromatic rings. The van der Waals surface area contributed by atoms with Crippen LogP contribution in [0.2, 0.25) is 0 Å². The van der Waals surface area contributed by atoms with E-state index in [1.807, 2.05) is 18.2 Å². The van der Waals surface area contributed by atoms with Gasteiger partial charge in [0, 0.05) is 40.4 Å². The largest absolute Gasteiger partial charge is 0.392 e. The zero-order valence-electron chi connectivity index (χ0n) is 18.0. The number of carbonyl (C=O) groups excluding carboxylic acids is 2. The van der Waals surface area contributed by atoms with Crippen LogP contribution >= 0.6 is 11.8 Å². The minimum atomic E-state index is -0.484. The monoisotopic (exact) mass is 424 g/mol. The van der Waals surface area contributed by atoms with E-state index in [-0.39, 0.29) is 22.5 Å². The van der Waals surface area contributed by atoms with Crippen molar-refractivity contribution < 1.29 is 14.7 Å². The van der Waals surface area contributed by atoms with Gasteiger partial charge in [-0.2, -0.15) is 0 Å². The van der Waals surface area contributed by atoms with Crippen molar-refractivity contribution in [2.24, 2.45) is 28.6 Å². The molecular formula is C26H32O3S. The average molecular weight is 425 g/mol. The van der Waals surface area contributed by atoms with E-state index in [9.17, 15) is 14.7 Å². The van der Waals surface area contributed by atoms with Crippen molar-refractivity contribution in [3.8, 4) is 0 Å². The van der Waals surface area contributed by atoms with Gasteiger partial charge in [-0.05, 0) is 61.5 Å². The number of rotatable bonds is 3. The summed E-state index contributed by atoms with van der Waals surface area (Å²) in [6.45, 7) is 4.48. The molecule has 0 bridgehead atoms. The van der Waals surface area contributed by atoms with E-state index in [1.54, 1.807) is 11.8 Å². The third kappa shape index (κ3) is 2.97. The molecule has 0 spiro atoms. The van der Waals surface area contributed by atoms with Crippen LogP contribution in [0.5, 0.6) is 0 Å². The number of aliphatic hydroxyl groups is 1. The zero-order chi connectivity index (χ0) is 21.1. The molecule has 0 saturated heterocycles. The van der Waals surface area contributed by atoms with Gasteiger partial charge in [-0.3, -0.25) is 9.59 Å². The number of Topliss-reactive ketones (excluding diaryl/α,β-unsaturated/α-hetero) is 2. The van der Waals surface area contributed by atoms with Crippen LogP contribution in [-0.2, 0) is 9.59 Å². The summed E-state index contributed by atoms with van der Waals surface area (Å²) in [6.07, 6.45) is 5.30. The van der Waals surface area contributed by atoms with Crippen LogP contribution in [0.3, 0.4) is 0 Å². The SMILES string of the molecule is C[C@]12CCC(=O)C(CSc3ccccc3)=C1CC[C@@H]1[C@H]2CC[C@]2(C)C(=O)CC(O)[C@@H]12. The van der Waals surface area contributed by atoms with Crippen LogP contribution < -0.4 is 0 Å². The Kier molecular flexibility index (Phi) is 5.02. The van der Waals surface area contributed by atoms with Crippen molar-refractivity contribution in [1.82, 2.24) is 0 Å². The third-order valence-electron chi connectivity index (χ3n) is 9.07. The topological polar surface area (TPSA) is 54.4 Å². The summed E-state index contributed by atoms with van der Waals surface area (Å²) < 4.78 is 0. The van der Waals surface area contributed by atoms with Crippen LogP contribution in [0.1, 0.15) is 58.8 Å². The highest BCUT2D eigenvalue weighted by Gasteiger charge is 2.62. The molecule has 4 heteroatoms. The maximum absolute atomic E-state index is 12.9. The van der Waals surface area contributed by atoms with Crippen molar-refractivity contribution in [2.75, 3.05) is 5.75 Å². The standard InChI is InChI=1S/C26H32O3S/c1-25-13-11-21(27)18(15-30-16-6-4-3-5-7-16)19(25)9-8-17-20(25)10-12-26(2)23(29)14-22(28)24(17)26/h3-7,17,20,22,24,28H,8-15H2,1-2H3/t17-,20-,22?,24-,25+,26-/m1/s1. The predicted molar refractivity (Wildman–Crippen MR) is 119 cm³/mol. The molecule has 3 nitrogen and oxygen atoms in total. The summed E-state index contributed by atoms with van der Waals surface area (Å²) in [6, 6.07) is 10.3. The second-order valence-corrected chi connectivity index (χ2v) is 11.4. The molecule has 0 amide bonds. The first-order chi connectivity index (χ1) is 14.3. The van der Waals surface area contributed by atoms with Crippen LogP contribution in [0.4, 0.5) is 0 Å². The Morgan fingerprint density at radius 2 is 1.80 bits per heavy atom. The number of carbonyl (C=O) groups is 2. The highest BCUT2D eigenvalue weighted by Crippen LogP contribution is 2.65. The first-order valence-corrected chi connectivity index (χ1v) is 12.5. The number of benzene rings is 1. The van der Waals surface area contributed by atoms with E-state index in [4.69, 9.17) is 0 Å². The van der Waals surface area contributed by atoms with Gasteiger partial charge < -0.3 is 5.11 Å². The van der Waals surface area contributed by atoms with Gasteiger partial charge in [0.2, 0.25) is 0 Å². The smallest absolute Gasteiger partial charge is 0.159 e. The Morgan fingerprint density at radius 1 is 1.03 bits per heavy atom. The quantitative estimate of drug-likeness (QED) is 0.676. The minimum absolute atomic E-state index is 0.0378. The van der Waals surface area contributed by atoms with Gasteiger partial charge in [-0.1, -0.05) is 37.6 Å². The van der Waals surface area contributed by atoms with E-state index >= 15 is 0 Å². The maximum Gasteiger partial charge on any atom is 0.159 e. The number of hydrogen-bond acceptors (Lipinski definition) is 4. The molecular weight excluding hydrogens is 392 g/mol. The Hall–Kier alpha value is -1.39. The molecule has 160 valence electrons. The summed E-state index contributed by atoms with van der Waals surface area (Å²) in [7, 11) is 0. The van der Waals surface area contributed by atoms with E-state index < -0.39 is 6.10 Å². The number of allylic oxidation sites excluding steroid dienone is 1. The second kappa shape index (κ2) is 7.34. The Morgan fingerprint density at radius 3 is 2.57 bits per heavy atom. The van der Waals surface area contributed by atoms with E-state index in [2.05, 4.69) is 26.0 Å². The van der Waals surface area contributed by atoms with Gasteiger partial charge in [-0.15, -0.1) is 11.8 Å². The number of hydrogen-bond donors (Lipinski definition) is 1. The fourth-order valence-corrected chi connectivity index (χ4v) is 8.50. The van der Waals surface area contributed by atoms with Crippen molar-refractivity contribution in [3.05, 3.63) is 41.5 Å². The molecule has 30 heavy (non-hydrogen) atoms. The number of thioether (sulfide) groups is 1. The Bertz CT molecular complexity index is 906. The average Bonchev–Trinajstić information content (AvgIpc) is 2.97. The first-order valence-electron chi connectivity index (χ1n) is 11.5. The molecule has 0 heterocycles. The predicted octanol–water partition coefficient (Wildman–Crippen LogP) is 5.22. The Balaban J connectivity index is 1.46. The van der Waals surface area contributed by atoms with Gasteiger partial charge in [0.05, 0.1) is 6.10 Å². The maximum atomic E-state index is 12.9. The fraction of sp³-hybridized carbons (Fsp3) is 0.615. The highest BCUT2D eigenvalue weighted by atomic mass is 32.2. The van der Waals surface area contributed by atoms with Gasteiger partial charge in [0.15, 0.2) is 5.78 Å². The lowest BCUT2D eigenvalue weighted by molar-refractivity contribution is -0.134. The van der Waals surface area contributed by atoms with E-state index in [1.165, 1.54) is 10.5 Å². The van der Waals surface area contributed by atoms with Gasteiger partial charge >= 0.3 is 0 Å². The highest BCUT2D eigenvalue weighted by molar-refractivity contribution is 7.99. The molecule has 3 fully saturated rings. The summed E-state index contributed by atoms with van der Waals surface area (Å²) in [5.74, 6) is 2.33. The second-order valence-electron chi connectivity index (χ2n) is 10.4. The summed E-state index contributed by atoms with van der Waals surface area (Å²) in [5, 5.41) is 10.8. The van der Waals surface area contributed by atoms with Crippen molar-refractivity contribution in [1.29, 1.82) is 0 Å². The number of ketones is 2. The van der Waals surface area contributed by atoms with Gasteiger partial charge in [0.25, 0.3) is 0 Å². The van der Waals surface area contributed by atoms with Crippen LogP contribution in [0, 0.1) is 28.6 Å². The van der Waals surface area contributed by atoms with Crippen LogP contribution in [0.15, 0.2) is 46.4 Å². The van der Waals surface area contributed by atoms with Gasteiger partial charge in [0.1, 0.15) is 5.78 Å². The normalized spacial score (nSPS) is 40.8. The lowest BCUT2D eigenvalue weighted by atomic mass is 9.46. The fourth-order valence-electron chi connectivity index (χ4n) is 7.50. The van der Waals surface area contributed by atoms with E-state index in [0.29, 0.717) is 30.5 Å². The molecule has 1 unspecified atom stereocenters. The summed E-state index contributed by atoms with van der Waals surface area (Å²) >= 11 is 1.77. The molecule has 5 rings (SSSR count). The molecule has 0 aliphatic heterocycles. The van der Waals surface area contributed by atoms with Crippen molar-refractivity contribution in [2.45, 2.75) is 69.8 Å². The number of aliphatic hydroxyl groups excluding tert-OH is 1. The zero-order valence-corrected chi connectivity index (χ0v) is 18.8.